The summed E-state index contributed by atoms with van der Waals surface area (Å²) in [4.78, 5) is 33.3. The highest BCUT2D eigenvalue weighted by molar-refractivity contribution is 7.22. The van der Waals surface area contributed by atoms with Gasteiger partial charge in [0.15, 0.2) is 5.13 Å². The number of anilines is 1. The number of rotatable bonds is 5. The average molecular weight is 543 g/mol. The van der Waals surface area contributed by atoms with Crippen molar-refractivity contribution in [3.63, 3.8) is 0 Å². The number of hydrogen-bond donors (Lipinski definition) is 1. The standard InChI is InChI=1S/C31H30N2O5S/c1-17-7-13-22-24(15-17)39-30(32-22)33-26(18-8-11-20(37-5)12-9-18)25(28(35)29(33)36)27(34)19-10-14-23(38-6)21(16-19)31(2,3)4/h7-16,26,34H,1-6H3/b27-25+. The number of aromatic nitrogens is 1. The van der Waals surface area contributed by atoms with Crippen LogP contribution < -0.4 is 14.4 Å². The zero-order valence-electron chi connectivity index (χ0n) is 22.7. The molecule has 1 atom stereocenters. The van der Waals surface area contributed by atoms with Gasteiger partial charge in [0.2, 0.25) is 0 Å². The van der Waals surface area contributed by atoms with Crippen LogP contribution in [-0.2, 0) is 15.0 Å². The first kappa shape index (κ1) is 26.4. The Morgan fingerprint density at radius 1 is 0.974 bits per heavy atom. The van der Waals surface area contributed by atoms with Gasteiger partial charge >= 0.3 is 5.91 Å². The van der Waals surface area contributed by atoms with Crippen LogP contribution in [0.3, 0.4) is 0 Å². The highest BCUT2D eigenvalue weighted by Crippen LogP contribution is 2.45. The Balaban J connectivity index is 1.73. The number of benzene rings is 3. The molecule has 1 N–H and O–H groups in total. The minimum atomic E-state index is -0.877. The summed E-state index contributed by atoms with van der Waals surface area (Å²) >= 11 is 1.34. The van der Waals surface area contributed by atoms with Gasteiger partial charge in [0.1, 0.15) is 17.3 Å². The van der Waals surface area contributed by atoms with Crippen molar-refractivity contribution in [1.29, 1.82) is 0 Å². The lowest BCUT2D eigenvalue weighted by Gasteiger charge is -2.24. The Bertz CT molecular complexity index is 1630. The highest BCUT2D eigenvalue weighted by atomic mass is 32.1. The molecule has 5 rings (SSSR count). The van der Waals surface area contributed by atoms with E-state index in [0.717, 1.165) is 21.3 Å². The minimum Gasteiger partial charge on any atom is -0.507 e. The number of amides is 1. The quantitative estimate of drug-likeness (QED) is 0.175. The lowest BCUT2D eigenvalue weighted by atomic mass is 9.84. The number of fused-ring (bicyclic) bond motifs is 1. The number of aliphatic hydroxyl groups excluding tert-OH is 1. The van der Waals surface area contributed by atoms with E-state index in [1.54, 1.807) is 50.6 Å². The summed E-state index contributed by atoms with van der Waals surface area (Å²) in [5, 5.41) is 12.0. The van der Waals surface area contributed by atoms with Gasteiger partial charge in [-0.15, -0.1) is 0 Å². The lowest BCUT2D eigenvalue weighted by Crippen LogP contribution is -2.29. The number of carbonyl (C=O) groups is 2. The summed E-state index contributed by atoms with van der Waals surface area (Å²) in [6.07, 6.45) is 0. The molecule has 1 aliphatic rings. The molecule has 1 unspecified atom stereocenters. The summed E-state index contributed by atoms with van der Waals surface area (Å²) in [6, 6.07) is 17.4. The van der Waals surface area contributed by atoms with Crippen LogP contribution >= 0.6 is 11.3 Å². The molecule has 0 bridgehead atoms. The molecule has 3 aromatic carbocycles. The molecule has 2 heterocycles. The summed E-state index contributed by atoms with van der Waals surface area (Å²) in [7, 11) is 3.17. The fourth-order valence-corrected chi connectivity index (χ4v) is 5.94. The molecule has 7 nitrogen and oxygen atoms in total. The van der Waals surface area contributed by atoms with Crippen LogP contribution in [0.15, 0.2) is 66.2 Å². The first-order valence-electron chi connectivity index (χ1n) is 12.5. The van der Waals surface area contributed by atoms with Crippen molar-refractivity contribution >= 4 is 44.1 Å². The second kappa shape index (κ2) is 9.85. The third kappa shape index (κ3) is 4.65. The third-order valence-corrected chi connectivity index (χ3v) is 7.91. The van der Waals surface area contributed by atoms with E-state index < -0.39 is 17.7 Å². The van der Waals surface area contributed by atoms with Gasteiger partial charge in [-0.1, -0.05) is 50.3 Å². The van der Waals surface area contributed by atoms with Crippen LogP contribution in [0.4, 0.5) is 5.13 Å². The number of methoxy groups -OCH3 is 2. The number of aliphatic hydroxyl groups is 1. The molecule has 1 aliphatic heterocycles. The second-order valence-electron chi connectivity index (χ2n) is 10.6. The van der Waals surface area contributed by atoms with Crippen LogP contribution in [0, 0.1) is 6.92 Å². The SMILES string of the molecule is COc1ccc(C2/C(=C(\O)c3ccc(OC)c(C(C)(C)C)c3)C(=O)C(=O)N2c2nc3ccc(C)cc3s2)cc1. The van der Waals surface area contributed by atoms with E-state index in [2.05, 4.69) is 0 Å². The Labute approximate surface area is 231 Å². The summed E-state index contributed by atoms with van der Waals surface area (Å²) in [5.74, 6) is -0.441. The number of carbonyl (C=O) groups excluding carboxylic acids is 2. The fourth-order valence-electron chi connectivity index (χ4n) is 4.85. The first-order chi connectivity index (χ1) is 18.5. The third-order valence-electron chi connectivity index (χ3n) is 6.90. The molecule has 1 fully saturated rings. The van der Waals surface area contributed by atoms with E-state index in [0.29, 0.717) is 27.8 Å². The molecule has 4 aromatic rings. The zero-order valence-corrected chi connectivity index (χ0v) is 23.6. The van der Waals surface area contributed by atoms with E-state index in [-0.39, 0.29) is 16.7 Å². The van der Waals surface area contributed by atoms with E-state index >= 15 is 0 Å². The molecule has 200 valence electrons. The van der Waals surface area contributed by atoms with E-state index in [1.165, 1.54) is 16.2 Å². The van der Waals surface area contributed by atoms with Crippen molar-refractivity contribution in [2.45, 2.75) is 39.2 Å². The predicted octanol–water partition coefficient (Wildman–Crippen LogP) is 6.55. The van der Waals surface area contributed by atoms with Gasteiger partial charge in [-0.2, -0.15) is 0 Å². The number of nitrogens with zero attached hydrogens (tertiary/aromatic N) is 2. The number of ketones is 1. The van der Waals surface area contributed by atoms with E-state index in [4.69, 9.17) is 14.5 Å². The van der Waals surface area contributed by atoms with Gasteiger partial charge in [0.05, 0.1) is 36.1 Å². The molecule has 0 aliphatic carbocycles. The minimum absolute atomic E-state index is 0.00521. The monoisotopic (exact) mass is 542 g/mol. The lowest BCUT2D eigenvalue weighted by molar-refractivity contribution is -0.132. The molecule has 0 radical (unpaired) electrons. The maximum absolute atomic E-state index is 13.6. The largest absolute Gasteiger partial charge is 0.507 e. The van der Waals surface area contributed by atoms with Crippen LogP contribution in [0.2, 0.25) is 0 Å². The molecule has 39 heavy (non-hydrogen) atoms. The number of hydrogen-bond acceptors (Lipinski definition) is 7. The van der Waals surface area contributed by atoms with Crippen LogP contribution in [-0.4, -0.2) is 36.0 Å². The molecule has 1 aromatic heterocycles. The molecule has 1 saturated heterocycles. The van der Waals surface area contributed by atoms with Gasteiger partial charge < -0.3 is 14.6 Å². The number of Topliss-reactive ketones (excluding diaryl/α,β-unsaturated/α-hetero) is 1. The van der Waals surface area contributed by atoms with Crippen molar-refractivity contribution in [1.82, 2.24) is 4.98 Å². The Kier molecular flexibility index (Phi) is 6.68. The first-order valence-corrected chi connectivity index (χ1v) is 13.4. The average Bonchev–Trinajstić information content (AvgIpc) is 3.44. The molecule has 1 amide bonds. The number of aryl methyl sites for hydroxylation is 1. The van der Waals surface area contributed by atoms with Crippen molar-refractivity contribution in [2.75, 3.05) is 19.1 Å². The van der Waals surface area contributed by atoms with Gasteiger partial charge in [-0.3, -0.25) is 14.5 Å². The normalized spacial score (nSPS) is 17.2. The number of ether oxygens (including phenoxy) is 2. The van der Waals surface area contributed by atoms with Crippen LogP contribution in [0.25, 0.3) is 16.0 Å². The van der Waals surface area contributed by atoms with E-state index in [9.17, 15) is 14.7 Å². The van der Waals surface area contributed by atoms with Crippen molar-refractivity contribution in [3.8, 4) is 11.5 Å². The predicted molar refractivity (Wildman–Crippen MR) is 154 cm³/mol. The maximum atomic E-state index is 13.6. The molecule has 0 spiro atoms. The Morgan fingerprint density at radius 2 is 1.69 bits per heavy atom. The molecule has 8 heteroatoms. The Morgan fingerprint density at radius 3 is 2.33 bits per heavy atom. The van der Waals surface area contributed by atoms with Gasteiger partial charge in [0, 0.05) is 11.1 Å². The summed E-state index contributed by atoms with van der Waals surface area (Å²) < 4.78 is 11.8. The van der Waals surface area contributed by atoms with Gasteiger partial charge in [0.25, 0.3) is 5.78 Å². The number of thiazole rings is 1. The summed E-state index contributed by atoms with van der Waals surface area (Å²) in [6.45, 7) is 8.11. The molecule has 0 saturated carbocycles. The van der Waals surface area contributed by atoms with Crippen LogP contribution in [0.5, 0.6) is 11.5 Å². The van der Waals surface area contributed by atoms with Crippen molar-refractivity contribution in [3.05, 3.63) is 88.5 Å². The van der Waals surface area contributed by atoms with Crippen molar-refractivity contribution in [2.24, 2.45) is 0 Å². The van der Waals surface area contributed by atoms with Gasteiger partial charge in [-0.25, -0.2) is 4.98 Å². The topological polar surface area (TPSA) is 89.0 Å². The van der Waals surface area contributed by atoms with Crippen molar-refractivity contribution < 1.29 is 24.2 Å². The fraction of sp³-hybridized carbons (Fsp3) is 0.258. The maximum Gasteiger partial charge on any atom is 0.301 e. The Hall–Kier alpha value is -4.17. The summed E-state index contributed by atoms with van der Waals surface area (Å²) in [5.41, 5.74) is 3.47. The molecular formula is C31H30N2O5S. The highest BCUT2D eigenvalue weighted by Gasteiger charge is 2.48. The zero-order chi connectivity index (χ0) is 28.1. The van der Waals surface area contributed by atoms with Crippen LogP contribution in [0.1, 0.15) is 49.1 Å². The smallest absolute Gasteiger partial charge is 0.301 e. The van der Waals surface area contributed by atoms with E-state index in [1.807, 2.05) is 52.0 Å². The second-order valence-corrected chi connectivity index (χ2v) is 11.6. The molecular weight excluding hydrogens is 512 g/mol. The van der Waals surface area contributed by atoms with Gasteiger partial charge in [-0.05, 0) is 65.9 Å².